The number of anilines is 1. The van der Waals surface area contributed by atoms with Gasteiger partial charge in [-0.3, -0.25) is 14.4 Å². The summed E-state index contributed by atoms with van der Waals surface area (Å²) in [7, 11) is 0. The lowest BCUT2D eigenvalue weighted by Crippen LogP contribution is -2.57. The van der Waals surface area contributed by atoms with Crippen molar-refractivity contribution in [3.8, 4) is 0 Å². The summed E-state index contributed by atoms with van der Waals surface area (Å²) >= 11 is 6.04. The van der Waals surface area contributed by atoms with Gasteiger partial charge in [0.1, 0.15) is 11.6 Å². The van der Waals surface area contributed by atoms with Gasteiger partial charge >= 0.3 is 0 Å². The van der Waals surface area contributed by atoms with Gasteiger partial charge in [0.05, 0.1) is 30.1 Å². The van der Waals surface area contributed by atoms with Crippen LogP contribution in [-0.2, 0) is 25.5 Å². The molecule has 3 heterocycles. The monoisotopic (exact) mass is 553 g/mol. The SMILES string of the molecule is CCCNC(=O)[C@@H]1[C@H]2C(=O)N([C@@H](CO)Cc3ccccc3)C(C(=O)Nc3ccc(Cl)cc3)C23CC[C@@]1(CC)O3. The molecule has 0 aliphatic carbocycles. The average molecular weight is 554 g/mol. The van der Waals surface area contributed by atoms with E-state index in [-0.39, 0.29) is 18.4 Å². The molecule has 0 radical (unpaired) electrons. The summed E-state index contributed by atoms with van der Waals surface area (Å²) in [6, 6.07) is 14.6. The third-order valence-electron chi connectivity index (χ3n) is 8.73. The van der Waals surface area contributed by atoms with Crippen LogP contribution in [0.3, 0.4) is 0 Å². The number of carbonyl (C=O) groups is 3. The molecule has 208 valence electrons. The van der Waals surface area contributed by atoms with Crippen LogP contribution in [0.1, 0.15) is 45.1 Å². The number of carbonyl (C=O) groups excluding carboxylic acids is 3. The predicted molar refractivity (Wildman–Crippen MR) is 148 cm³/mol. The zero-order valence-electron chi connectivity index (χ0n) is 22.4. The van der Waals surface area contributed by atoms with Crippen molar-refractivity contribution in [3.63, 3.8) is 0 Å². The molecule has 8 nitrogen and oxygen atoms in total. The molecule has 1 spiro atoms. The lowest BCUT2D eigenvalue weighted by molar-refractivity contribution is -0.149. The van der Waals surface area contributed by atoms with Gasteiger partial charge in [0, 0.05) is 17.3 Å². The molecule has 3 fully saturated rings. The third kappa shape index (κ3) is 4.62. The van der Waals surface area contributed by atoms with Gasteiger partial charge in [-0.15, -0.1) is 0 Å². The molecule has 2 unspecified atom stereocenters. The number of ether oxygens (including phenoxy) is 1. The maximum absolute atomic E-state index is 14.4. The van der Waals surface area contributed by atoms with Crippen LogP contribution in [0.25, 0.3) is 0 Å². The predicted octanol–water partition coefficient (Wildman–Crippen LogP) is 3.56. The first-order valence-corrected chi connectivity index (χ1v) is 14.2. The Morgan fingerprint density at radius 3 is 2.46 bits per heavy atom. The molecule has 2 aromatic rings. The second kappa shape index (κ2) is 10.9. The smallest absolute Gasteiger partial charge is 0.250 e. The first-order chi connectivity index (χ1) is 18.8. The molecule has 5 rings (SSSR count). The fourth-order valence-electron chi connectivity index (χ4n) is 6.99. The molecule has 3 aliphatic heterocycles. The molecule has 9 heteroatoms. The first-order valence-electron chi connectivity index (χ1n) is 13.8. The number of likely N-dealkylation sites (tertiary alicyclic amines) is 1. The van der Waals surface area contributed by atoms with Crippen molar-refractivity contribution >= 4 is 35.0 Å². The van der Waals surface area contributed by atoms with Gasteiger partial charge in [0.25, 0.3) is 0 Å². The molecule has 3 amide bonds. The molecule has 3 saturated heterocycles. The minimum absolute atomic E-state index is 0.207. The van der Waals surface area contributed by atoms with Crippen LogP contribution in [0.5, 0.6) is 0 Å². The maximum atomic E-state index is 14.4. The Bertz CT molecular complexity index is 1220. The molecule has 2 aromatic carbocycles. The lowest BCUT2D eigenvalue weighted by atomic mass is 9.65. The highest BCUT2D eigenvalue weighted by molar-refractivity contribution is 6.30. The number of amides is 3. The highest BCUT2D eigenvalue weighted by Crippen LogP contribution is 2.64. The Hall–Kier alpha value is -2.94. The standard InChI is InChI=1S/C30H36ClN3O5/c1-3-16-32-26(36)23-24-28(38)34(22(18-35)17-19-8-6-5-7-9-19)25(30(24)15-14-29(23,4-2)39-30)27(37)33-21-12-10-20(31)11-13-21/h5-13,22-25,35H,3-4,14-18H2,1-2H3,(H,32,36)(H,33,37)/t22-,23+,24+,25?,29-,30?/m1/s1. The quantitative estimate of drug-likeness (QED) is 0.417. The molecule has 6 atom stereocenters. The number of nitrogens with zero attached hydrogens (tertiary/aromatic N) is 1. The van der Waals surface area contributed by atoms with Gasteiger partial charge < -0.3 is 25.4 Å². The topological polar surface area (TPSA) is 108 Å². The lowest BCUT2D eigenvalue weighted by Gasteiger charge is -2.37. The largest absolute Gasteiger partial charge is 0.394 e. The van der Waals surface area contributed by atoms with E-state index in [0.717, 1.165) is 12.0 Å². The summed E-state index contributed by atoms with van der Waals surface area (Å²) in [6.45, 7) is 4.11. The number of hydrogen-bond acceptors (Lipinski definition) is 5. The third-order valence-corrected chi connectivity index (χ3v) is 8.98. The van der Waals surface area contributed by atoms with Gasteiger partial charge in [0.2, 0.25) is 17.7 Å². The Morgan fingerprint density at radius 2 is 1.82 bits per heavy atom. The molecule has 0 saturated carbocycles. The van der Waals surface area contributed by atoms with Gasteiger partial charge in [0.15, 0.2) is 0 Å². The molecule has 39 heavy (non-hydrogen) atoms. The fourth-order valence-corrected chi connectivity index (χ4v) is 7.11. The van der Waals surface area contributed by atoms with E-state index in [1.807, 2.05) is 44.2 Å². The molecule has 3 N–H and O–H groups in total. The van der Waals surface area contributed by atoms with Crippen LogP contribution in [0.2, 0.25) is 5.02 Å². The summed E-state index contributed by atoms with van der Waals surface area (Å²) in [5, 5.41) is 17.0. The Kier molecular flexibility index (Phi) is 7.73. The van der Waals surface area contributed by atoms with E-state index < -0.39 is 41.0 Å². The summed E-state index contributed by atoms with van der Waals surface area (Å²) in [5.74, 6) is -2.44. The Balaban J connectivity index is 1.57. The number of hydrogen-bond donors (Lipinski definition) is 3. The summed E-state index contributed by atoms with van der Waals surface area (Å²) < 4.78 is 6.78. The minimum atomic E-state index is -1.16. The van der Waals surface area contributed by atoms with Crippen molar-refractivity contribution in [2.45, 2.75) is 69.2 Å². The van der Waals surface area contributed by atoms with E-state index in [1.54, 1.807) is 24.3 Å². The minimum Gasteiger partial charge on any atom is -0.394 e. The van der Waals surface area contributed by atoms with E-state index in [0.29, 0.717) is 42.9 Å². The molecule has 3 aliphatic rings. The van der Waals surface area contributed by atoms with Gasteiger partial charge in [-0.25, -0.2) is 0 Å². The highest BCUT2D eigenvalue weighted by atomic mass is 35.5. The highest BCUT2D eigenvalue weighted by Gasteiger charge is 2.79. The summed E-state index contributed by atoms with van der Waals surface area (Å²) in [4.78, 5) is 43.5. The molecule has 0 aromatic heterocycles. The average Bonchev–Trinajstić information content (AvgIpc) is 3.55. The number of fused-ring (bicyclic) bond motifs is 1. The van der Waals surface area contributed by atoms with E-state index >= 15 is 0 Å². The second-order valence-corrected chi connectivity index (χ2v) is 11.3. The van der Waals surface area contributed by atoms with E-state index in [2.05, 4.69) is 10.6 Å². The zero-order valence-corrected chi connectivity index (χ0v) is 23.1. The van der Waals surface area contributed by atoms with Gasteiger partial charge in [-0.2, -0.15) is 0 Å². The number of benzene rings is 2. The van der Waals surface area contributed by atoms with Crippen LogP contribution in [0.15, 0.2) is 54.6 Å². The van der Waals surface area contributed by atoms with Gasteiger partial charge in [-0.1, -0.05) is 55.8 Å². The van der Waals surface area contributed by atoms with Crippen LogP contribution < -0.4 is 10.6 Å². The number of aliphatic hydroxyl groups excluding tert-OH is 1. The fraction of sp³-hybridized carbons (Fsp3) is 0.500. The van der Waals surface area contributed by atoms with Crippen molar-refractivity contribution in [2.24, 2.45) is 11.8 Å². The Morgan fingerprint density at radius 1 is 1.10 bits per heavy atom. The number of nitrogens with one attached hydrogen (secondary N) is 2. The van der Waals surface area contributed by atoms with Gasteiger partial charge in [-0.05, 0) is 61.9 Å². The van der Waals surface area contributed by atoms with E-state index in [9.17, 15) is 19.5 Å². The second-order valence-electron chi connectivity index (χ2n) is 10.9. The Labute approximate surface area is 234 Å². The van der Waals surface area contributed by atoms with Crippen LogP contribution in [0.4, 0.5) is 5.69 Å². The normalized spacial score (nSPS) is 29.8. The van der Waals surface area contributed by atoms with Crippen molar-refractivity contribution in [2.75, 3.05) is 18.5 Å². The summed E-state index contributed by atoms with van der Waals surface area (Å²) in [5.41, 5.74) is -0.502. The van der Waals surface area contributed by atoms with Crippen molar-refractivity contribution in [1.29, 1.82) is 0 Å². The number of rotatable bonds is 10. The van der Waals surface area contributed by atoms with Crippen molar-refractivity contribution in [1.82, 2.24) is 10.2 Å². The van der Waals surface area contributed by atoms with E-state index in [4.69, 9.17) is 16.3 Å². The molecule has 2 bridgehead atoms. The van der Waals surface area contributed by atoms with E-state index in [1.165, 1.54) is 4.90 Å². The number of halogens is 1. The van der Waals surface area contributed by atoms with Crippen LogP contribution in [-0.4, -0.2) is 64.2 Å². The summed E-state index contributed by atoms with van der Waals surface area (Å²) in [6.07, 6.45) is 2.75. The number of aliphatic hydroxyl groups is 1. The van der Waals surface area contributed by atoms with Crippen molar-refractivity contribution in [3.05, 3.63) is 65.2 Å². The molecular weight excluding hydrogens is 518 g/mol. The van der Waals surface area contributed by atoms with Crippen LogP contribution in [0, 0.1) is 11.8 Å². The van der Waals surface area contributed by atoms with Crippen molar-refractivity contribution < 1.29 is 24.2 Å². The zero-order chi connectivity index (χ0) is 27.8. The van der Waals surface area contributed by atoms with Crippen LogP contribution >= 0.6 is 11.6 Å². The molecular formula is C30H36ClN3O5. The first kappa shape index (κ1) is 27.6. The maximum Gasteiger partial charge on any atom is 0.250 e.